The molecule has 2 aromatic carbocycles. The molecule has 0 radical (unpaired) electrons. The van der Waals surface area contributed by atoms with E-state index in [4.69, 9.17) is 20.9 Å². The van der Waals surface area contributed by atoms with Crippen molar-refractivity contribution in [3.8, 4) is 0 Å². The lowest BCUT2D eigenvalue weighted by Crippen LogP contribution is -2.49. The third-order valence-corrected chi connectivity index (χ3v) is 4.48. The van der Waals surface area contributed by atoms with Crippen molar-refractivity contribution in [3.63, 3.8) is 0 Å². The highest BCUT2D eigenvalue weighted by atomic mass is 16.7. The molecule has 144 valence electrons. The average Bonchev–Trinajstić information content (AvgIpc) is 2.61. The Kier molecular flexibility index (Phi) is 6.10. The van der Waals surface area contributed by atoms with Crippen LogP contribution in [0.25, 0.3) is 0 Å². The van der Waals surface area contributed by atoms with E-state index in [1.807, 2.05) is 27.7 Å². The molecule has 2 rings (SSSR count). The molecule has 27 heavy (non-hydrogen) atoms. The molecular formula is C21H26N2O4. The molecule has 0 aliphatic rings. The Morgan fingerprint density at radius 3 is 1.37 bits per heavy atom. The van der Waals surface area contributed by atoms with Gasteiger partial charge in [0.1, 0.15) is 0 Å². The van der Waals surface area contributed by atoms with Crippen LogP contribution >= 0.6 is 0 Å². The Labute approximate surface area is 159 Å². The van der Waals surface area contributed by atoms with E-state index < -0.39 is 17.7 Å². The predicted molar refractivity (Wildman–Crippen MR) is 105 cm³/mol. The normalized spacial score (nSPS) is 11.5. The highest BCUT2D eigenvalue weighted by Gasteiger charge is 2.46. The number of carbonyl (C=O) groups excluding carboxylic acids is 2. The zero-order valence-corrected chi connectivity index (χ0v) is 16.1. The molecule has 6 nitrogen and oxygen atoms in total. The molecule has 4 N–H and O–H groups in total. The summed E-state index contributed by atoms with van der Waals surface area (Å²) in [7, 11) is 0. The number of esters is 2. The number of nitrogen functional groups attached to an aromatic ring is 2. The molecule has 6 heteroatoms. The number of para-hydroxylation sites is 2. The minimum atomic E-state index is -1.47. The van der Waals surface area contributed by atoms with Gasteiger partial charge in [0, 0.05) is 23.2 Å². The van der Waals surface area contributed by atoms with Crippen LogP contribution < -0.4 is 11.5 Å². The van der Waals surface area contributed by atoms with Crippen molar-refractivity contribution in [3.05, 3.63) is 59.7 Å². The third kappa shape index (κ3) is 4.22. The molecule has 0 aliphatic heterocycles. The fourth-order valence-electron chi connectivity index (χ4n) is 2.92. The van der Waals surface area contributed by atoms with E-state index in [0.29, 0.717) is 11.4 Å². The maximum atomic E-state index is 12.8. The quantitative estimate of drug-likeness (QED) is 0.454. The lowest BCUT2D eigenvalue weighted by molar-refractivity contribution is -0.221. The summed E-state index contributed by atoms with van der Waals surface area (Å²) in [5.74, 6) is -3.38. The number of rotatable bonds is 6. The molecule has 2 aromatic rings. The number of ether oxygens (including phenoxy) is 2. The fraction of sp³-hybridized carbons (Fsp3) is 0.333. The molecule has 0 atom stereocenters. The molecule has 0 saturated heterocycles. The molecule has 0 amide bonds. The Morgan fingerprint density at radius 2 is 1.07 bits per heavy atom. The largest absolute Gasteiger partial charge is 0.418 e. The van der Waals surface area contributed by atoms with Crippen LogP contribution in [0.2, 0.25) is 0 Å². The number of carbonyl (C=O) groups is 2. The van der Waals surface area contributed by atoms with Crippen molar-refractivity contribution in [2.75, 3.05) is 11.5 Å². The van der Waals surface area contributed by atoms with Crippen LogP contribution in [0.1, 0.15) is 48.4 Å². The standard InChI is InChI=1S/C21H26N2O4/c1-13(2)21(14(3)4,26-19(24)15-9-5-7-11-17(15)22)27-20(25)16-10-6-8-12-18(16)23/h5-14H,22-23H2,1-4H3. The van der Waals surface area contributed by atoms with Gasteiger partial charge in [-0.1, -0.05) is 52.0 Å². The maximum Gasteiger partial charge on any atom is 0.343 e. The van der Waals surface area contributed by atoms with Crippen molar-refractivity contribution < 1.29 is 19.1 Å². The average molecular weight is 370 g/mol. The van der Waals surface area contributed by atoms with Gasteiger partial charge in [-0.2, -0.15) is 0 Å². The zero-order valence-electron chi connectivity index (χ0n) is 16.1. The van der Waals surface area contributed by atoms with Crippen LogP contribution in [0.3, 0.4) is 0 Å². The first-order valence-electron chi connectivity index (χ1n) is 8.84. The van der Waals surface area contributed by atoms with E-state index in [9.17, 15) is 9.59 Å². The van der Waals surface area contributed by atoms with E-state index in [0.717, 1.165) is 0 Å². The predicted octanol–water partition coefficient (Wildman–Crippen LogP) is 3.87. The van der Waals surface area contributed by atoms with Gasteiger partial charge in [0.25, 0.3) is 5.79 Å². The number of nitrogens with two attached hydrogens (primary N) is 2. The van der Waals surface area contributed by atoms with Crippen molar-refractivity contribution in [1.82, 2.24) is 0 Å². The second-order valence-electron chi connectivity index (χ2n) is 6.98. The van der Waals surface area contributed by atoms with Gasteiger partial charge in [-0.25, -0.2) is 9.59 Å². The number of hydrogen-bond donors (Lipinski definition) is 2. The number of hydrogen-bond acceptors (Lipinski definition) is 6. The SMILES string of the molecule is CC(C)C(OC(=O)c1ccccc1N)(OC(=O)c1ccccc1N)C(C)C. The van der Waals surface area contributed by atoms with Crippen LogP contribution in [-0.2, 0) is 9.47 Å². The van der Waals surface area contributed by atoms with Gasteiger partial charge in [0.05, 0.1) is 11.1 Å². The number of benzene rings is 2. The second-order valence-corrected chi connectivity index (χ2v) is 6.98. The van der Waals surface area contributed by atoms with E-state index >= 15 is 0 Å². The van der Waals surface area contributed by atoms with Gasteiger partial charge in [-0.3, -0.25) is 0 Å². The second kappa shape index (κ2) is 8.12. The topological polar surface area (TPSA) is 105 Å². The first-order valence-corrected chi connectivity index (χ1v) is 8.84. The third-order valence-electron chi connectivity index (χ3n) is 4.48. The lowest BCUT2D eigenvalue weighted by Gasteiger charge is -2.39. The minimum Gasteiger partial charge on any atom is -0.418 e. The highest BCUT2D eigenvalue weighted by Crippen LogP contribution is 2.35. The summed E-state index contributed by atoms with van der Waals surface area (Å²) in [6.07, 6.45) is 0. The van der Waals surface area contributed by atoms with Crippen LogP contribution in [0.5, 0.6) is 0 Å². The smallest absolute Gasteiger partial charge is 0.343 e. The van der Waals surface area contributed by atoms with Crippen molar-refractivity contribution in [1.29, 1.82) is 0 Å². The molecular weight excluding hydrogens is 344 g/mol. The maximum absolute atomic E-state index is 12.8. The molecule has 0 saturated carbocycles. The van der Waals surface area contributed by atoms with Crippen LogP contribution in [0.15, 0.2) is 48.5 Å². The van der Waals surface area contributed by atoms with E-state index in [1.165, 1.54) is 0 Å². The number of anilines is 2. The van der Waals surface area contributed by atoms with Gasteiger partial charge in [0.15, 0.2) is 0 Å². The Bertz CT molecular complexity index is 761. The first kappa shape index (κ1) is 20.3. The lowest BCUT2D eigenvalue weighted by atomic mass is 9.91. The van der Waals surface area contributed by atoms with Crippen molar-refractivity contribution in [2.24, 2.45) is 11.8 Å². The molecule has 0 heterocycles. The van der Waals surface area contributed by atoms with E-state index in [2.05, 4.69) is 0 Å². The van der Waals surface area contributed by atoms with Gasteiger partial charge in [-0.05, 0) is 24.3 Å². The molecule has 0 aliphatic carbocycles. The summed E-state index contributed by atoms with van der Waals surface area (Å²) in [5, 5.41) is 0. The molecule has 0 aromatic heterocycles. The Morgan fingerprint density at radius 1 is 0.741 bits per heavy atom. The summed E-state index contributed by atoms with van der Waals surface area (Å²) in [5.41, 5.74) is 12.8. The van der Waals surface area contributed by atoms with Gasteiger partial charge in [-0.15, -0.1) is 0 Å². The Hall–Kier alpha value is -3.02. The summed E-state index contributed by atoms with van der Waals surface area (Å²) in [4.78, 5) is 25.5. The van der Waals surface area contributed by atoms with Crippen LogP contribution in [0, 0.1) is 11.8 Å². The molecule has 0 fully saturated rings. The van der Waals surface area contributed by atoms with E-state index in [-0.39, 0.29) is 23.0 Å². The summed E-state index contributed by atoms with van der Waals surface area (Å²) in [6.45, 7) is 7.29. The fourth-order valence-corrected chi connectivity index (χ4v) is 2.92. The van der Waals surface area contributed by atoms with E-state index in [1.54, 1.807) is 48.5 Å². The Balaban J connectivity index is 2.38. The first-order chi connectivity index (χ1) is 12.7. The van der Waals surface area contributed by atoms with Crippen molar-refractivity contribution >= 4 is 23.3 Å². The molecule has 0 bridgehead atoms. The van der Waals surface area contributed by atoms with Crippen LogP contribution in [-0.4, -0.2) is 17.7 Å². The van der Waals surface area contributed by atoms with Crippen LogP contribution in [0.4, 0.5) is 11.4 Å². The highest BCUT2D eigenvalue weighted by molar-refractivity contribution is 5.96. The van der Waals surface area contributed by atoms with Gasteiger partial charge >= 0.3 is 11.9 Å². The minimum absolute atomic E-state index is 0.221. The summed E-state index contributed by atoms with van der Waals surface area (Å²) in [6, 6.07) is 13.2. The summed E-state index contributed by atoms with van der Waals surface area (Å²) < 4.78 is 11.5. The molecule has 0 unspecified atom stereocenters. The van der Waals surface area contributed by atoms with Crippen molar-refractivity contribution in [2.45, 2.75) is 33.5 Å². The monoisotopic (exact) mass is 370 g/mol. The molecule has 0 spiro atoms. The van der Waals surface area contributed by atoms with Gasteiger partial charge in [0.2, 0.25) is 0 Å². The van der Waals surface area contributed by atoms with Gasteiger partial charge < -0.3 is 20.9 Å². The summed E-state index contributed by atoms with van der Waals surface area (Å²) >= 11 is 0. The zero-order chi connectivity index (χ0) is 20.2.